The second-order valence-electron chi connectivity index (χ2n) is 4.17. The lowest BCUT2D eigenvalue weighted by Gasteiger charge is -2.15. The van der Waals surface area contributed by atoms with Crippen LogP contribution in [-0.2, 0) is 0 Å². The van der Waals surface area contributed by atoms with Gasteiger partial charge in [-0.15, -0.1) is 0 Å². The summed E-state index contributed by atoms with van der Waals surface area (Å²) >= 11 is 5.96. The minimum atomic E-state index is 0.0290. The number of halogens is 1. The third-order valence-corrected chi connectivity index (χ3v) is 2.98. The van der Waals surface area contributed by atoms with Crippen LogP contribution in [0.2, 0.25) is 5.02 Å². The first-order chi connectivity index (χ1) is 9.10. The maximum atomic E-state index is 8.89. The van der Waals surface area contributed by atoms with Crippen molar-refractivity contribution >= 4 is 23.1 Å². The van der Waals surface area contributed by atoms with Crippen molar-refractivity contribution in [3.8, 4) is 6.07 Å². The number of nitrogens with two attached hydrogens (primary N) is 1. The van der Waals surface area contributed by atoms with Crippen LogP contribution in [0, 0.1) is 11.3 Å². The molecule has 2 aromatic rings. The van der Waals surface area contributed by atoms with E-state index in [2.05, 4.69) is 10.3 Å². The van der Waals surface area contributed by atoms with E-state index in [4.69, 9.17) is 22.6 Å². The number of nitrogen functional groups attached to an aromatic ring is 1. The highest BCUT2D eigenvalue weighted by molar-refractivity contribution is 6.30. The van der Waals surface area contributed by atoms with Crippen LogP contribution in [0.3, 0.4) is 0 Å². The Labute approximate surface area is 116 Å². The highest BCUT2D eigenvalue weighted by Gasteiger charge is 2.08. The monoisotopic (exact) mass is 272 g/mol. The molecule has 2 rings (SSSR count). The van der Waals surface area contributed by atoms with Gasteiger partial charge in [-0.1, -0.05) is 23.7 Å². The van der Waals surface area contributed by atoms with Crippen molar-refractivity contribution < 1.29 is 0 Å². The van der Waals surface area contributed by atoms with Gasteiger partial charge in [0.15, 0.2) is 5.69 Å². The van der Waals surface area contributed by atoms with E-state index >= 15 is 0 Å². The number of rotatable bonds is 3. The smallest absolute Gasteiger partial charge is 0.165 e. The molecule has 5 heteroatoms. The van der Waals surface area contributed by atoms with Crippen molar-refractivity contribution in [2.75, 3.05) is 11.1 Å². The molecule has 1 heterocycles. The molecule has 0 spiro atoms. The summed E-state index contributed by atoms with van der Waals surface area (Å²) in [5.74, 6) is 0.609. The van der Waals surface area contributed by atoms with E-state index in [1.807, 2.05) is 37.3 Å². The van der Waals surface area contributed by atoms with E-state index in [1.165, 1.54) is 0 Å². The Morgan fingerprint density at radius 3 is 2.84 bits per heavy atom. The predicted molar refractivity (Wildman–Crippen MR) is 76.9 cm³/mol. The van der Waals surface area contributed by atoms with E-state index in [-0.39, 0.29) is 11.7 Å². The van der Waals surface area contributed by atoms with Gasteiger partial charge in [0.25, 0.3) is 0 Å². The van der Waals surface area contributed by atoms with Gasteiger partial charge in [0.1, 0.15) is 11.9 Å². The largest absolute Gasteiger partial charge is 0.396 e. The minimum absolute atomic E-state index is 0.0290. The number of anilines is 2. The second kappa shape index (κ2) is 5.59. The summed E-state index contributed by atoms with van der Waals surface area (Å²) in [5, 5.41) is 12.8. The summed E-state index contributed by atoms with van der Waals surface area (Å²) < 4.78 is 0. The Balaban J connectivity index is 2.20. The Hall–Kier alpha value is -2.25. The average molecular weight is 273 g/mol. The number of pyridine rings is 1. The molecule has 3 N–H and O–H groups in total. The molecule has 0 aliphatic rings. The first-order valence-corrected chi connectivity index (χ1v) is 6.16. The molecule has 0 saturated heterocycles. The zero-order chi connectivity index (χ0) is 13.8. The van der Waals surface area contributed by atoms with Crippen molar-refractivity contribution in [1.29, 1.82) is 5.26 Å². The van der Waals surface area contributed by atoms with Crippen molar-refractivity contribution in [3.63, 3.8) is 0 Å². The van der Waals surface area contributed by atoms with Gasteiger partial charge in [-0.2, -0.15) is 5.26 Å². The summed E-state index contributed by atoms with van der Waals surface area (Å²) in [4.78, 5) is 4.15. The number of nitrogens with zero attached hydrogens (tertiary/aromatic N) is 2. The molecule has 0 amide bonds. The third-order valence-electron chi connectivity index (χ3n) is 2.75. The zero-order valence-electron chi connectivity index (χ0n) is 10.4. The number of hydrogen-bond donors (Lipinski definition) is 2. The fourth-order valence-electron chi connectivity index (χ4n) is 1.72. The van der Waals surface area contributed by atoms with Gasteiger partial charge in [-0.05, 0) is 36.8 Å². The molecular formula is C14H13ClN4. The maximum absolute atomic E-state index is 8.89. The van der Waals surface area contributed by atoms with Gasteiger partial charge in [0.05, 0.1) is 5.69 Å². The molecule has 1 aromatic heterocycles. The van der Waals surface area contributed by atoms with Gasteiger partial charge < -0.3 is 11.1 Å². The molecule has 0 bridgehead atoms. The fourth-order valence-corrected chi connectivity index (χ4v) is 1.92. The quantitative estimate of drug-likeness (QED) is 0.898. The average Bonchev–Trinajstić information content (AvgIpc) is 2.41. The maximum Gasteiger partial charge on any atom is 0.165 e. The summed E-state index contributed by atoms with van der Waals surface area (Å²) in [5.41, 5.74) is 7.28. The topological polar surface area (TPSA) is 74.7 Å². The number of nitriles is 1. The predicted octanol–water partition coefficient (Wildman–Crippen LogP) is 3.36. The van der Waals surface area contributed by atoms with Crippen LogP contribution >= 0.6 is 11.6 Å². The standard InChI is InChI=1S/C14H13ClN4/c1-9(10-3-2-4-11(15)7-10)18-14-6-5-12(17)13(8-16)19-14/h2-7,9H,17H2,1H3,(H,18,19). The van der Waals surface area contributed by atoms with Crippen LogP contribution in [0.1, 0.15) is 24.2 Å². The molecular weight excluding hydrogens is 260 g/mol. The number of aromatic nitrogens is 1. The highest BCUT2D eigenvalue weighted by Crippen LogP contribution is 2.22. The van der Waals surface area contributed by atoms with Crippen LogP contribution < -0.4 is 11.1 Å². The SMILES string of the molecule is CC(Nc1ccc(N)c(C#N)n1)c1cccc(Cl)c1. The van der Waals surface area contributed by atoms with Crippen LogP contribution in [0.15, 0.2) is 36.4 Å². The second-order valence-corrected chi connectivity index (χ2v) is 4.60. The lowest BCUT2D eigenvalue weighted by molar-refractivity contribution is 0.874. The molecule has 0 fully saturated rings. The summed E-state index contributed by atoms with van der Waals surface area (Å²) in [6.45, 7) is 2.00. The van der Waals surface area contributed by atoms with Crippen LogP contribution in [0.4, 0.5) is 11.5 Å². The van der Waals surface area contributed by atoms with Crippen molar-refractivity contribution in [2.45, 2.75) is 13.0 Å². The van der Waals surface area contributed by atoms with Gasteiger partial charge in [0, 0.05) is 11.1 Å². The van der Waals surface area contributed by atoms with Crippen LogP contribution in [0.25, 0.3) is 0 Å². The molecule has 0 saturated carbocycles. The van der Waals surface area contributed by atoms with Gasteiger partial charge in [-0.25, -0.2) is 4.98 Å². The van der Waals surface area contributed by atoms with Gasteiger partial charge in [0.2, 0.25) is 0 Å². The summed E-state index contributed by atoms with van der Waals surface area (Å²) in [6, 6.07) is 13.0. The van der Waals surface area contributed by atoms with Gasteiger partial charge >= 0.3 is 0 Å². The third kappa shape index (κ3) is 3.15. The van der Waals surface area contributed by atoms with E-state index < -0.39 is 0 Å². The molecule has 0 radical (unpaired) electrons. The normalized spacial score (nSPS) is 11.6. The van der Waals surface area contributed by atoms with Crippen LogP contribution in [-0.4, -0.2) is 4.98 Å². The Bertz CT molecular complexity index is 634. The van der Waals surface area contributed by atoms with E-state index in [1.54, 1.807) is 12.1 Å². The summed E-state index contributed by atoms with van der Waals surface area (Å²) in [6.07, 6.45) is 0. The summed E-state index contributed by atoms with van der Waals surface area (Å²) in [7, 11) is 0. The minimum Gasteiger partial charge on any atom is -0.396 e. The Morgan fingerprint density at radius 2 is 2.16 bits per heavy atom. The molecule has 1 aromatic carbocycles. The molecule has 1 atom stereocenters. The Morgan fingerprint density at radius 1 is 1.37 bits per heavy atom. The molecule has 0 aliphatic heterocycles. The molecule has 96 valence electrons. The van der Waals surface area contributed by atoms with E-state index in [0.717, 1.165) is 5.56 Å². The first-order valence-electron chi connectivity index (χ1n) is 5.79. The van der Waals surface area contributed by atoms with Crippen LogP contribution in [0.5, 0.6) is 0 Å². The number of benzene rings is 1. The Kier molecular flexibility index (Phi) is 3.88. The number of hydrogen-bond acceptors (Lipinski definition) is 4. The lowest BCUT2D eigenvalue weighted by Crippen LogP contribution is -2.09. The van der Waals surface area contributed by atoms with Crippen molar-refractivity contribution in [2.24, 2.45) is 0 Å². The molecule has 4 nitrogen and oxygen atoms in total. The van der Waals surface area contributed by atoms with E-state index in [9.17, 15) is 0 Å². The molecule has 1 unspecified atom stereocenters. The fraction of sp³-hybridized carbons (Fsp3) is 0.143. The molecule has 0 aliphatic carbocycles. The van der Waals surface area contributed by atoms with Crippen molar-refractivity contribution in [3.05, 3.63) is 52.7 Å². The molecule has 19 heavy (non-hydrogen) atoms. The lowest BCUT2D eigenvalue weighted by atomic mass is 10.1. The zero-order valence-corrected chi connectivity index (χ0v) is 11.1. The first kappa shape index (κ1) is 13.2. The van der Waals surface area contributed by atoms with Gasteiger partial charge in [-0.3, -0.25) is 0 Å². The highest BCUT2D eigenvalue weighted by atomic mass is 35.5. The van der Waals surface area contributed by atoms with E-state index in [0.29, 0.717) is 16.5 Å². The number of nitrogens with one attached hydrogen (secondary N) is 1. The van der Waals surface area contributed by atoms with Crippen molar-refractivity contribution in [1.82, 2.24) is 4.98 Å².